The van der Waals surface area contributed by atoms with E-state index in [1.165, 1.54) is 17.7 Å². The van der Waals surface area contributed by atoms with Gasteiger partial charge in [-0.2, -0.15) is 0 Å². The maximum Gasteiger partial charge on any atom is 0.252 e. The van der Waals surface area contributed by atoms with Gasteiger partial charge in [0.2, 0.25) is 0 Å². The number of ether oxygens (including phenoxy) is 1. The zero-order valence-corrected chi connectivity index (χ0v) is 19.4. The molecule has 0 aliphatic carbocycles. The first-order valence-electron chi connectivity index (χ1n) is 11.8. The molecular formula is C28H27FN4O2. The Hall–Kier alpha value is -3.68. The lowest BCUT2D eigenvalue weighted by molar-refractivity contribution is 0.0342. The first kappa shape index (κ1) is 23.1. The summed E-state index contributed by atoms with van der Waals surface area (Å²) in [7, 11) is 0. The molecule has 1 aliphatic rings. The van der Waals surface area contributed by atoms with E-state index in [0.29, 0.717) is 35.1 Å². The summed E-state index contributed by atoms with van der Waals surface area (Å²) in [6.07, 6.45) is 2.34. The van der Waals surface area contributed by atoms with Crippen LogP contribution in [0, 0.1) is 5.82 Å². The number of benzene rings is 2. The number of rotatable bonds is 7. The van der Waals surface area contributed by atoms with E-state index in [9.17, 15) is 9.18 Å². The van der Waals surface area contributed by atoms with Gasteiger partial charge in [-0.25, -0.2) is 9.37 Å². The lowest BCUT2D eigenvalue weighted by Gasteiger charge is -2.26. The van der Waals surface area contributed by atoms with Crippen molar-refractivity contribution in [3.63, 3.8) is 0 Å². The first-order valence-corrected chi connectivity index (χ1v) is 11.8. The highest BCUT2D eigenvalue weighted by Crippen LogP contribution is 2.26. The van der Waals surface area contributed by atoms with Crippen LogP contribution in [-0.4, -0.2) is 53.6 Å². The van der Waals surface area contributed by atoms with Gasteiger partial charge in [-0.15, -0.1) is 0 Å². The van der Waals surface area contributed by atoms with E-state index in [0.717, 1.165) is 44.1 Å². The number of nitrogens with one attached hydrogen (secondary N) is 1. The van der Waals surface area contributed by atoms with Gasteiger partial charge in [-0.1, -0.05) is 30.3 Å². The maximum atomic E-state index is 14.0. The Morgan fingerprint density at radius 2 is 1.86 bits per heavy atom. The molecule has 1 saturated heterocycles. The Kier molecular flexibility index (Phi) is 7.07. The van der Waals surface area contributed by atoms with Crippen LogP contribution in [-0.2, 0) is 17.7 Å². The lowest BCUT2D eigenvalue weighted by atomic mass is 10.0. The second-order valence-electron chi connectivity index (χ2n) is 8.63. The number of halogens is 1. The van der Waals surface area contributed by atoms with E-state index in [1.54, 1.807) is 18.3 Å². The van der Waals surface area contributed by atoms with Gasteiger partial charge >= 0.3 is 0 Å². The quantitative estimate of drug-likeness (QED) is 0.438. The molecule has 35 heavy (non-hydrogen) atoms. The molecule has 6 nitrogen and oxygen atoms in total. The number of carbonyl (C=O) groups excluding carboxylic acids is 1. The fourth-order valence-corrected chi connectivity index (χ4v) is 4.28. The lowest BCUT2D eigenvalue weighted by Crippen LogP contribution is -2.35. The average Bonchev–Trinajstić information content (AvgIpc) is 2.90. The molecule has 2 aromatic heterocycles. The third kappa shape index (κ3) is 5.70. The monoisotopic (exact) mass is 470 g/mol. The molecule has 0 saturated carbocycles. The van der Waals surface area contributed by atoms with Gasteiger partial charge in [0, 0.05) is 55.4 Å². The Morgan fingerprint density at radius 1 is 1.03 bits per heavy atom. The van der Waals surface area contributed by atoms with Crippen LogP contribution >= 0.6 is 0 Å². The van der Waals surface area contributed by atoms with Crippen molar-refractivity contribution in [2.75, 3.05) is 32.8 Å². The van der Waals surface area contributed by atoms with Crippen molar-refractivity contribution in [2.24, 2.45) is 0 Å². The third-order valence-electron chi connectivity index (χ3n) is 6.17. The van der Waals surface area contributed by atoms with Crippen molar-refractivity contribution < 1.29 is 13.9 Å². The van der Waals surface area contributed by atoms with Crippen molar-refractivity contribution in [1.29, 1.82) is 0 Å². The van der Waals surface area contributed by atoms with E-state index < -0.39 is 5.82 Å². The third-order valence-corrected chi connectivity index (χ3v) is 6.17. The number of hydrogen-bond acceptors (Lipinski definition) is 5. The second kappa shape index (κ2) is 10.7. The predicted molar refractivity (Wildman–Crippen MR) is 134 cm³/mol. The normalized spacial score (nSPS) is 14.2. The minimum absolute atomic E-state index is 0.260. The highest BCUT2D eigenvalue weighted by Gasteiger charge is 2.16. The number of amides is 1. The molecule has 0 atom stereocenters. The van der Waals surface area contributed by atoms with Crippen LogP contribution in [0.1, 0.15) is 21.6 Å². The van der Waals surface area contributed by atoms with E-state index in [1.807, 2.05) is 30.3 Å². The van der Waals surface area contributed by atoms with Crippen molar-refractivity contribution >= 4 is 16.8 Å². The predicted octanol–water partition coefficient (Wildman–Crippen LogP) is 4.24. The van der Waals surface area contributed by atoms with Crippen LogP contribution in [0.2, 0.25) is 0 Å². The van der Waals surface area contributed by atoms with Gasteiger partial charge in [0.05, 0.1) is 30.0 Å². The van der Waals surface area contributed by atoms with Crippen molar-refractivity contribution in [3.8, 4) is 11.3 Å². The topological polar surface area (TPSA) is 67.4 Å². The average molecular weight is 471 g/mol. The summed E-state index contributed by atoms with van der Waals surface area (Å²) in [5.74, 6) is -0.661. The first-order chi connectivity index (χ1) is 17.2. The molecule has 1 fully saturated rings. The summed E-state index contributed by atoms with van der Waals surface area (Å²) in [6, 6.07) is 20.0. The van der Waals surface area contributed by atoms with Gasteiger partial charge < -0.3 is 10.1 Å². The molecule has 7 heteroatoms. The van der Waals surface area contributed by atoms with Gasteiger partial charge in [0.15, 0.2) is 0 Å². The Morgan fingerprint density at radius 3 is 2.63 bits per heavy atom. The second-order valence-corrected chi connectivity index (χ2v) is 8.63. The molecule has 0 bridgehead atoms. The van der Waals surface area contributed by atoms with Crippen molar-refractivity contribution in [1.82, 2.24) is 20.2 Å². The number of carbonyl (C=O) groups is 1. The number of morpholine rings is 1. The van der Waals surface area contributed by atoms with Crippen LogP contribution in [0.3, 0.4) is 0 Å². The smallest absolute Gasteiger partial charge is 0.252 e. The Bertz CT molecular complexity index is 1310. The summed E-state index contributed by atoms with van der Waals surface area (Å²) in [5, 5.41) is 3.44. The molecule has 0 unspecified atom stereocenters. The number of pyridine rings is 2. The molecule has 2 aromatic carbocycles. The Labute approximate surface area is 203 Å². The molecular weight excluding hydrogens is 443 g/mol. The molecule has 178 valence electrons. The largest absolute Gasteiger partial charge is 0.379 e. The molecule has 1 N–H and O–H groups in total. The van der Waals surface area contributed by atoms with Crippen LogP contribution in [0.4, 0.5) is 4.39 Å². The minimum atomic E-state index is -0.401. The Balaban J connectivity index is 1.38. The fourth-order valence-electron chi connectivity index (χ4n) is 4.28. The molecule has 4 aromatic rings. The zero-order chi connectivity index (χ0) is 24.0. The molecule has 3 heterocycles. The minimum Gasteiger partial charge on any atom is -0.379 e. The number of hydrogen-bond donors (Lipinski definition) is 1. The number of aromatic nitrogens is 2. The number of fused-ring (bicyclic) bond motifs is 1. The molecule has 5 rings (SSSR count). The molecule has 1 aliphatic heterocycles. The van der Waals surface area contributed by atoms with Crippen LogP contribution in [0.5, 0.6) is 0 Å². The van der Waals surface area contributed by atoms with Gasteiger partial charge in [0.25, 0.3) is 5.91 Å². The summed E-state index contributed by atoms with van der Waals surface area (Å²) in [4.78, 5) is 24.5. The van der Waals surface area contributed by atoms with Gasteiger partial charge in [-0.05, 0) is 42.0 Å². The summed E-state index contributed by atoms with van der Waals surface area (Å²) < 4.78 is 19.5. The summed E-state index contributed by atoms with van der Waals surface area (Å²) in [6.45, 7) is 4.71. The van der Waals surface area contributed by atoms with E-state index in [4.69, 9.17) is 9.72 Å². The molecule has 0 spiro atoms. The number of nitrogens with zero attached hydrogens (tertiary/aromatic N) is 3. The van der Waals surface area contributed by atoms with Crippen molar-refractivity contribution in [2.45, 2.75) is 13.0 Å². The van der Waals surface area contributed by atoms with Gasteiger partial charge in [0.1, 0.15) is 5.82 Å². The van der Waals surface area contributed by atoms with E-state index >= 15 is 0 Å². The van der Waals surface area contributed by atoms with Crippen LogP contribution in [0.25, 0.3) is 22.2 Å². The zero-order valence-electron chi connectivity index (χ0n) is 19.4. The standard InChI is InChI=1S/C28H27FN4O2/c29-22-8-9-26-24(17-22)25(28(34)31-12-10-23-3-1-2-11-30-23)18-27(32-26)21-6-4-20(5-7-21)19-33-13-15-35-16-14-33/h1-9,11,17-18H,10,12-16,19H2,(H,31,34). The van der Waals surface area contributed by atoms with Crippen LogP contribution < -0.4 is 5.32 Å². The van der Waals surface area contributed by atoms with Crippen LogP contribution in [0.15, 0.2) is 72.9 Å². The summed E-state index contributed by atoms with van der Waals surface area (Å²) >= 11 is 0. The summed E-state index contributed by atoms with van der Waals surface area (Å²) in [5.41, 5.74) is 4.68. The highest BCUT2D eigenvalue weighted by molar-refractivity contribution is 6.07. The SMILES string of the molecule is O=C(NCCc1ccccn1)c1cc(-c2ccc(CN3CCOCC3)cc2)nc2ccc(F)cc12. The van der Waals surface area contributed by atoms with E-state index in [2.05, 4.69) is 27.3 Å². The molecule has 1 amide bonds. The van der Waals surface area contributed by atoms with Crippen molar-refractivity contribution in [3.05, 3.63) is 95.6 Å². The maximum absolute atomic E-state index is 14.0. The molecule has 0 radical (unpaired) electrons. The fraction of sp³-hybridized carbons (Fsp3) is 0.250. The highest BCUT2D eigenvalue weighted by atomic mass is 19.1. The van der Waals surface area contributed by atoms with E-state index in [-0.39, 0.29) is 5.91 Å². The van der Waals surface area contributed by atoms with Gasteiger partial charge in [-0.3, -0.25) is 14.7 Å².